The second-order valence-corrected chi connectivity index (χ2v) is 13.5. The van der Waals surface area contributed by atoms with Crippen molar-refractivity contribution in [3.05, 3.63) is 5.21 Å². The summed E-state index contributed by atoms with van der Waals surface area (Å²) in [5.74, 6) is -2.57. The third kappa shape index (κ3) is 3.71. The Morgan fingerprint density at radius 1 is 1.00 bits per heavy atom. The van der Waals surface area contributed by atoms with Crippen LogP contribution in [0.3, 0.4) is 0 Å². The number of carboxylic acids is 1. The van der Waals surface area contributed by atoms with Crippen molar-refractivity contribution < 1.29 is 39.5 Å². The summed E-state index contributed by atoms with van der Waals surface area (Å²) in [6.45, 7) is 6.13. The number of carboxylic acid groups (broad SMARTS) is 1. The van der Waals surface area contributed by atoms with E-state index < -0.39 is 57.6 Å². The Balaban J connectivity index is 1.53. The van der Waals surface area contributed by atoms with Gasteiger partial charge in [-0.3, -0.25) is 4.79 Å². The second-order valence-electron chi connectivity index (χ2n) is 13.5. The molecule has 5 aliphatic rings. The molecule has 5 fully saturated rings. The van der Waals surface area contributed by atoms with Crippen molar-refractivity contribution in [3.8, 4) is 0 Å². The number of aliphatic hydroxyl groups excluding tert-OH is 3. The van der Waals surface area contributed by atoms with E-state index in [4.69, 9.17) is 0 Å². The fourth-order valence-electron chi connectivity index (χ4n) is 10.3. The average Bonchev–Trinajstić information content (AvgIpc) is 3.31. The Bertz CT molecular complexity index is 954. The molecule has 0 aromatic carbocycles. The van der Waals surface area contributed by atoms with Crippen LogP contribution in [0.4, 0.5) is 0 Å². The van der Waals surface area contributed by atoms with Gasteiger partial charge in [0.25, 0.3) is 0 Å². The Hall–Kier alpha value is -1.39. The number of rotatable bonds is 5. The Kier molecular flexibility index (Phi) is 6.67. The number of hydroxylamine groups is 3. The summed E-state index contributed by atoms with van der Waals surface area (Å²) < 4.78 is -1.52. The summed E-state index contributed by atoms with van der Waals surface area (Å²) in [5.41, 5.74) is -1.27. The zero-order valence-electron chi connectivity index (χ0n) is 22.2. The number of nitrogens with zero attached hydrogens (tertiary/aromatic N) is 1. The van der Waals surface area contributed by atoms with Crippen molar-refractivity contribution in [1.29, 1.82) is 0 Å². The fraction of sp³-hybridized carbons (Fsp3) is 0.893. The van der Waals surface area contributed by atoms with E-state index in [-0.39, 0.29) is 61.2 Å². The SMILES string of the molecule is C[C@H](CCC(=O)O)[C@H]1CC[C@H]2[C@@H]3[C@H](O)C[C@@H]4C[C@H](O)CC([N+]5([O-])C(=O)CCC5=O)[C@]4(C)[C@H]3C[C@H](O)[C@]12C. The molecule has 9 heteroatoms. The first-order valence-electron chi connectivity index (χ1n) is 14.2. The normalized spacial score (nSPS) is 49.8. The Labute approximate surface area is 218 Å². The van der Waals surface area contributed by atoms with Gasteiger partial charge in [0.1, 0.15) is 6.04 Å². The predicted octanol–water partition coefficient (Wildman–Crippen LogP) is 2.59. The van der Waals surface area contributed by atoms with Crippen LogP contribution in [0.25, 0.3) is 0 Å². The van der Waals surface area contributed by atoms with E-state index in [9.17, 15) is 40.0 Å². The van der Waals surface area contributed by atoms with Crippen molar-refractivity contribution >= 4 is 17.8 Å². The standard InChI is InChI=1S/C28H43NO8/c1-14(4-9-25(35)36)17-5-6-18-26-19(13-22(32)28(17,18)3)27(2)15(11-20(26)31)10-16(30)12-21(27)29(37)23(33)7-8-24(29)34/h14-22,26,30-32H,4-13H2,1-3H3,(H,35,36)/t14-,15+,16+,17-,18+,19+,20-,21?,22+,26+,27+,28-/m1/s1. The average molecular weight is 522 g/mol. The highest BCUT2D eigenvalue weighted by atomic mass is 16.6. The lowest BCUT2D eigenvalue weighted by atomic mass is 9.42. The summed E-state index contributed by atoms with van der Waals surface area (Å²) in [7, 11) is 0. The number of imide groups is 1. The first kappa shape index (κ1) is 27.2. The van der Waals surface area contributed by atoms with E-state index in [1.54, 1.807) is 0 Å². The first-order chi connectivity index (χ1) is 17.3. The van der Waals surface area contributed by atoms with E-state index in [1.165, 1.54) is 0 Å². The first-order valence-corrected chi connectivity index (χ1v) is 14.2. The molecule has 1 saturated heterocycles. The van der Waals surface area contributed by atoms with E-state index in [0.717, 1.165) is 12.8 Å². The Morgan fingerprint density at radius 2 is 1.65 bits per heavy atom. The van der Waals surface area contributed by atoms with Gasteiger partial charge in [-0.1, -0.05) is 20.8 Å². The summed E-state index contributed by atoms with van der Waals surface area (Å²) in [6.07, 6.45) is 1.15. The van der Waals surface area contributed by atoms with Gasteiger partial charge in [0.2, 0.25) is 0 Å². The van der Waals surface area contributed by atoms with Crippen molar-refractivity contribution in [1.82, 2.24) is 0 Å². The van der Waals surface area contributed by atoms with Gasteiger partial charge in [0, 0.05) is 18.3 Å². The molecule has 0 bridgehead atoms. The van der Waals surface area contributed by atoms with Gasteiger partial charge in [0.15, 0.2) is 0 Å². The van der Waals surface area contributed by atoms with Gasteiger partial charge in [-0.05, 0) is 79.4 Å². The highest BCUT2D eigenvalue weighted by Crippen LogP contribution is 2.69. The Morgan fingerprint density at radius 3 is 2.27 bits per heavy atom. The van der Waals surface area contributed by atoms with Crippen LogP contribution in [-0.4, -0.2) is 67.2 Å². The van der Waals surface area contributed by atoms with E-state index in [1.807, 2.05) is 6.92 Å². The lowest BCUT2D eigenvalue weighted by molar-refractivity contribution is -0.767. The minimum atomic E-state index is -1.52. The molecule has 0 aromatic rings. The zero-order valence-corrected chi connectivity index (χ0v) is 22.2. The number of amides is 2. The monoisotopic (exact) mass is 521 g/mol. The number of likely N-dealkylation sites (tertiary alicyclic amines) is 1. The third-order valence-electron chi connectivity index (χ3n) is 12.2. The molecule has 1 heterocycles. The lowest BCUT2D eigenvalue weighted by Crippen LogP contribution is -2.72. The van der Waals surface area contributed by atoms with Gasteiger partial charge in [0.05, 0.1) is 31.2 Å². The highest BCUT2D eigenvalue weighted by Gasteiger charge is 2.71. The second kappa shape index (κ2) is 9.08. The maximum absolute atomic E-state index is 14.1. The zero-order chi connectivity index (χ0) is 27.1. The number of hydrogen-bond donors (Lipinski definition) is 4. The van der Waals surface area contributed by atoms with Crippen molar-refractivity contribution in [2.45, 2.75) is 109 Å². The van der Waals surface area contributed by atoms with Crippen LogP contribution in [-0.2, 0) is 14.4 Å². The van der Waals surface area contributed by atoms with E-state index in [2.05, 4.69) is 13.8 Å². The molecule has 208 valence electrons. The molecular weight excluding hydrogens is 478 g/mol. The molecule has 0 spiro atoms. The molecule has 4 N–H and O–H groups in total. The van der Waals surface area contributed by atoms with E-state index >= 15 is 0 Å². The van der Waals surface area contributed by atoms with Gasteiger partial charge >= 0.3 is 17.8 Å². The molecule has 1 aliphatic heterocycles. The van der Waals surface area contributed by atoms with Crippen LogP contribution >= 0.6 is 0 Å². The van der Waals surface area contributed by atoms with Crippen molar-refractivity contribution in [2.75, 3.05) is 0 Å². The highest BCUT2D eigenvalue weighted by molar-refractivity contribution is 5.92. The third-order valence-corrected chi connectivity index (χ3v) is 12.2. The number of carbonyl (C=O) groups excluding carboxylic acids is 2. The molecular formula is C28H43NO8. The van der Waals surface area contributed by atoms with Crippen LogP contribution in [0, 0.1) is 51.5 Å². The summed E-state index contributed by atoms with van der Waals surface area (Å²) in [5, 5.41) is 57.3. The molecule has 4 aliphatic carbocycles. The molecule has 1 unspecified atom stereocenters. The molecule has 0 aromatic heterocycles. The predicted molar refractivity (Wildman–Crippen MR) is 132 cm³/mol. The lowest BCUT2D eigenvalue weighted by Gasteiger charge is -2.66. The summed E-state index contributed by atoms with van der Waals surface area (Å²) in [4.78, 5) is 37.0. The topological polar surface area (TPSA) is 155 Å². The smallest absolute Gasteiger partial charge is 0.321 e. The molecule has 37 heavy (non-hydrogen) atoms. The number of aliphatic hydroxyl groups is 3. The summed E-state index contributed by atoms with van der Waals surface area (Å²) >= 11 is 0. The maximum Gasteiger partial charge on any atom is 0.321 e. The molecule has 12 atom stereocenters. The molecule has 0 radical (unpaired) electrons. The number of hydrogen-bond acceptors (Lipinski definition) is 7. The molecule has 2 amide bonds. The quantitative estimate of drug-likeness (QED) is 0.244. The molecule has 4 saturated carbocycles. The van der Waals surface area contributed by atoms with Crippen LogP contribution in [0.1, 0.15) is 85.0 Å². The van der Waals surface area contributed by atoms with Gasteiger partial charge in [-0.25, -0.2) is 14.2 Å². The minimum absolute atomic E-state index is 0.0103. The maximum atomic E-state index is 14.1. The van der Waals surface area contributed by atoms with Gasteiger partial charge in [-0.15, -0.1) is 0 Å². The van der Waals surface area contributed by atoms with Crippen molar-refractivity contribution in [3.63, 3.8) is 0 Å². The van der Waals surface area contributed by atoms with Crippen molar-refractivity contribution in [2.24, 2.45) is 46.3 Å². The molecule has 5 rings (SSSR count). The largest absolute Gasteiger partial charge is 0.617 e. The number of aliphatic carboxylic acids is 1. The summed E-state index contributed by atoms with van der Waals surface area (Å²) in [6, 6.07) is -0.924. The van der Waals surface area contributed by atoms with Crippen LogP contribution in [0.15, 0.2) is 0 Å². The number of fused-ring (bicyclic) bond motifs is 5. The fourth-order valence-corrected chi connectivity index (χ4v) is 10.3. The van der Waals surface area contributed by atoms with Gasteiger partial charge < -0.3 is 25.6 Å². The minimum Gasteiger partial charge on any atom is -0.617 e. The van der Waals surface area contributed by atoms with E-state index in [0.29, 0.717) is 25.7 Å². The van der Waals surface area contributed by atoms with Crippen LogP contribution in [0.5, 0.6) is 0 Å². The number of carbonyl (C=O) groups is 3. The van der Waals surface area contributed by atoms with Crippen LogP contribution in [0.2, 0.25) is 0 Å². The van der Waals surface area contributed by atoms with Gasteiger partial charge in [-0.2, -0.15) is 0 Å². The van der Waals surface area contributed by atoms with Crippen LogP contribution < -0.4 is 0 Å². The molecule has 9 nitrogen and oxygen atoms in total. The number of quaternary nitrogens is 1.